The smallest absolute Gasteiger partial charge is 0.186 e. The fourth-order valence-electron chi connectivity index (χ4n) is 1.78. The van der Waals surface area contributed by atoms with Crippen molar-refractivity contribution in [2.75, 3.05) is 31.2 Å². The molecule has 0 N–H and O–H groups in total. The number of benzene rings is 1. The van der Waals surface area contributed by atoms with Crippen LogP contribution in [0.15, 0.2) is 22.7 Å². The van der Waals surface area contributed by atoms with E-state index in [4.69, 9.17) is 4.74 Å². The third-order valence-corrected chi connectivity index (χ3v) is 4.19. The summed E-state index contributed by atoms with van der Waals surface area (Å²) in [5.74, 6) is 0. The van der Waals surface area contributed by atoms with Crippen LogP contribution in [0.1, 0.15) is 0 Å². The largest absolute Gasteiger partial charge is 0.378 e. The summed E-state index contributed by atoms with van der Waals surface area (Å²) >= 11 is 5.23. The summed E-state index contributed by atoms with van der Waals surface area (Å²) in [6.45, 7) is 3.50. The highest BCUT2D eigenvalue weighted by Crippen LogP contribution is 2.30. The summed E-state index contributed by atoms with van der Waals surface area (Å²) in [6, 6.07) is 6.21. The van der Waals surface area contributed by atoms with E-state index in [1.165, 1.54) is 4.70 Å². The molecular formula is C11H11BrN2OS. The zero-order valence-electron chi connectivity index (χ0n) is 8.65. The van der Waals surface area contributed by atoms with Gasteiger partial charge in [0, 0.05) is 17.6 Å². The normalized spacial score (nSPS) is 16.9. The summed E-state index contributed by atoms with van der Waals surface area (Å²) < 4.78 is 7.68. The van der Waals surface area contributed by atoms with E-state index in [2.05, 4.69) is 37.9 Å². The van der Waals surface area contributed by atoms with Crippen LogP contribution in [0.4, 0.5) is 5.13 Å². The Morgan fingerprint density at radius 2 is 2.12 bits per heavy atom. The average molecular weight is 299 g/mol. The molecule has 3 rings (SSSR count). The van der Waals surface area contributed by atoms with Crippen LogP contribution >= 0.6 is 27.3 Å². The Labute approximate surface area is 106 Å². The number of hydrogen-bond acceptors (Lipinski definition) is 4. The molecule has 16 heavy (non-hydrogen) atoms. The zero-order chi connectivity index (χ0) is 11.0. The highest BCUT2D eigenvalue weighted by Gasteiger charge is 2.15. The van der Waals surface area contributed by atoms with E-state index >= 15 is 0 Å². The highest BCUT2D eigenvalue weighted by atomic mass is 79.9. The minimum atomic E-state index is 0.805. The number of anilines is 1. The molecule has 84 valence electrons. The lowest BCUT2D eigenvalue weighted by Gasteiger charge is -2.25. The maximum Gasteiger partial charge on any atom is 0.186 e. The maximum atomic E-state index is 5.34. The van der Waals surface area contributed by atoms with Crippen molar-refractivity contribution in [3.63, 3.8) is 0 Å². The molecule has 1 aromatic carbocycles. The number of thiazole rings is 1. The Hall–Kier alpha value is -0.650. The van der Waals surface area contributed by atoms with Gasteiger partial charge in [0.1, 0.15) is 0 Å². The molecule has 1 aliphatic heterocycles. The summed E-state index contributed by atoms with van der Waals surface area (Å²) in [5, 5.41) is 1.11. The van der Waals surface area contributed by atoms with Gasteiger partial charge in [0.2, 0.25) is 0 Å². The van der Waals surface area contributed by atoms with Crippen LogP contribution in [0.2, 0.25) is 0 Å². The molecule has 1 aromatic heterocycles. The molecule has 0 saturated carbocycles. The Morgan fingerprint density at radius 3 is 2.94 bits per heavy atom. The Bertz CT molecular complexity index is 508. The van der Waals surface area contributed by atoms with Crippen LogP contribution in [0.3, 0.4) is 0 Å². The van der Waals surface area contributed by atoms with Gasteiger partial charge in [-0.05, 0) is 18.2 Å². The molecule has 2 heterocycles. The number of fused-ring (bicyclic) bond motifs is 1. The standard InChI is InChI=1S/C11H11BrN2OS/c12-8-1-2-9-10(7-8)16-11(13-9)14-3-5-15-6-4-14/h1-2,7H,3-6H2. The number of hydrogen-bond donors (Lipinski definition) is 0. The maximum absolute atomic E-state index is 5.34. The molecular weight excluding hydrogens is 288 g/mol. The highest BCUT2D eigenvalue weighted by molar-refractivity contribution is 9.10. The number of ether oxygens (including phenoxy) is 1. The van der Waals surface area contributed by atoms with E-state index in [1.807, 2.05) is 6.07 Å². The second-order valence-corrected chi connectivity index (χ2v) is 5.63. The van der Waals surface area contributed by atoms with Crippen LogP contribution in [-0.4, -0.2) is 31.3 Å². The molecule has 0 atom stereocenters. The van der Waals surface area contributed by atoms with E-state index in [1.54, 1.807) is 11.3 Å². The van der Waals surface area contributed by atoms with Gasteiger partial charge in [-0.2, -0.15) is 0 Å². The number of rotatable bonds is 1. The molecule has 3 nitrogen and oxygen atoms in total. The summed E-state index contributed by atoms with van der Waals surface area (Å²) in [4.78, 5) is 6.94. The first-order valence-electron chi connectivity index (χ1n) is 5.22. The summed E-state index contributed by atoms with van der Waals surface area (Å²) in [5.41, 5.74) is 1.08. The lowest BCUT2D eigenvalue weighted by Crippen LogP contribution is -2.36. The molecule has 0 amide bonds. The first kappa shape index (κ1) is 10.5. The number of morpholine rings is 1. The Kier molecular flexibility index (Phi) is 2.83. The molecule has 0 spiro atoms. The summed E-state index contributed by atoms with van der Waals surface area (Å²) in [7, 11) is 0. The molecule has 0 bridgehead atoms. The second-order valence-electron chi connectivity index (χ2n) is 3.71. The Morgan fingerprint density at radius 1 is 1.31 bits per heavy atom. The van der Waals surface area contributed by atoms with Crippen LogP contribution < -0.4 is 4.90 Å². The third-order valence-electron chi connectivity index (χ3n) is 2.62. The van der Waals surface area contributed by atoms with Crippen molar-refractivity contribution in [3.8, 4) is 0 Å². The van der Waals surface area contributed by atoms with E-state index in [9.17, 15) is 0 Å². The van der Waals surface area contributed by atoms with Gasteiger partial charge in [0.15, 0.2) is 5.13 Å². The molecule has 0 radical (unpaired) electrons. The fraction of sp³-hybridized carbons (Fsp3) is 0.364. The first-order valence-corrected chi connectivity index (χ1v) is 6.83. The Balaban J connectivity index is 1.97. The average Bonchev–Trinajstić information content (AvgIpc) is 2.73. The van der Waals surface area contributed by atoms with E-state index in [0.717, 1.165) is 41.4 Å². The monoisotopic (exact) mass is 298 g/mol. The molecule has 0 unspecified atom stereocenters. The number of halogens is 1. The van der Waals surface area contributed by atoms with Crippen molar-refractivity contribution in [1.29, 1.82) is 0 Å². The van der Waals surface area contributed by atoms with Gasteiger partial charge >= 0.3 is 0 Å². The molecule has 5 heteroatoms. The minimum absolute atomic E-state index is 0.805. The van der Waals surface area contributed by atoms with Gasteiger partial charge < -0.3 is 9.64 Å². The van der Waals surface area contributed by atoms with Crippen molar-refractivity contribution in [1.82, 2.24) is 4.98 Å². The van der Waals surface area contributed by atoms with Crippen molar-refractivity contribution in [2.45, 2.75) is 0 Å². The quantitative estimate of drug-likeness (QED) is 0.809. The SMILES string of the molecule is Brc1ccc2nc(N3CCOCC3)sc2c1. The zero-order valence-corrected chi connectivity index (χ0v) is 11.1. The van der Waals surface area contributed by atoms with Crippen LogP contribution in [0, 0.1) is 0 Å². The van der Waals surface area contributed by atoms with Crippen LogP contribution in [0.5, 0.6) is 0 Å². The molecule has 1 fully saturated rings. The van der Waals surface area contributed by atoms with Crippen molar-refractivity contribution in [2.24, 2.45) is 0 Å². The number of nitrogens with zero attached hydrogens (tertiary/aromatic N) is 2. The van der Waals surface area contributed by atoms with Gasteiger partial charge in [-0.1, -0.05) is 27.3 Å². The molecule has 1 saturated heterocycles. The van der Waals surface area contributed by atoms with Crippen LogP contribution in [0.25, 0.3) is 10.2 Å². The topological polar surface area (TPSA) is 25.4 Å². The minimum Gasteiger partial charge on any atom is -0.378 e. The molecule has 0 aliphatic carbocycles. The van der Waals surface area contributed by atoms with E-state index < -0.39 is 0 Å². The third kappa shape index (κ3) is 1.95. The van der Waals surface area contributed by atoms with Gasteiger partial charge in [-0.3, -0.25) is 0 Å². The lowest BCUT2D eigenvalue weighted by atomic mass is 10.3. The van der Waals surface area contributed by atoms with Crippen molar-refractivity contribution >= 4 is 42.6 Å². The van der Waals surface area contributed by atoms with Gasteiger partial charge in [0.25, 0.3) is 0 Å². The van der Waals surface area contributed by atoms with E-state index in [-0.39, 0.29) is 0 Å². The predicted molar refractivity (Wildman–Crippen MR) is 70.4 cm³/mol. The summed E-state index contributed by atoms with van der Waals surface area (Å²) in [6.07, 6.45) is 0. The van der Waals surface area contributed by atoms with Gasteiger partial charge in [-0.15, -0.1) is 0 Å². The van der Waals surface area contributed by atoms with Crippen molar-refractivity contribution in [3.05, 3.63) is 22.7 Å². The fourth-order valence-corrected chi connectivity index (χ4v) is 3.35. The second kappa shape index (κ2) is 4.31. The van der Waals surface area contributed by atoms with Gasteiger partial charge in [-0.25, -0.2) is 4.98 Å². The number of aromatic nitrogens is 1. The predicted octanol–water partition coefficient (Wildman–Crippen LogP) is 2.90. The lowest BCUT2D eigenvalue weighted by molar-refractivity contribution is 0.122. The van der Waals surface area contributed by atoms with Crippen molar-refractivity contribution < 1.29 is 4.74 Å². The van der Waals surface area contributed by atoms with E-state index in [0.29, 0.717) is 0 Å². The first-order chi connectivity index (χ1) is 7.83. The van der Waals surface area contributed by atoms with Gasteiger partial charge in [0.05, 0.1) is 23.4 Å². The molecule has 2 aromatic rings. The van der Waals surface area contributed by atoms with Crippen LogP contribution in [-0.2, 0) is 4.74 Å². The molecule has 1 aliphatic rings.